The number of anilines is 1. The van der Waals surface area contributed by atoms with Crippen LogP contribution in [-0.4, -0.2) is 5.91 Å². The van der Waals surface area contributed by atoms with Gasteiger partial charge in [0.05, 0.1) is 0 Å². The molecule has 0 aliphatic heterocycles. The molecule has 0 radical (unpaired) electrons. The van der Waals surface area contributed by atoms with Gasteiger partial charge in [0.15, 0.2) is 11.6 Å². The van der Waals surface area contributed by atoms with Crippen molar-refractivity contribution in [2.45, 2.75) is 26.7 Å². The van der Waals surface area contributed by atoms with E-state index >= 15 is 0 Å². The molecule has 0 bridgehead atoms. The molecule has 0 aromatic heterocycles. The molecule has 2 aromatic rings. The summed E-state index contributed by atoms with van der Waals surface area (Å²) in [4.78, 5) is 12.3. The lowest BCUT2D eigenvalue weighted by Crippen LogP contribution is -2.15. The van der Waals surface area contributed by atoms with Crippen LogP contribution in [0.2, 0.25) is 5.02 Å². The van der Waals surface area contributed by atoms with Crippen LogP contribution < -0.4 is 5.32 Å². The molecular weight excluding hydrogens is 308 g/mol. The Morgan fingerprint density at radius 2 is 1.82 bits per heavy atom. The molecule has 0 atom stereocenters. The number of benzene rings is 2. The first-order valence-electron chi connectivity index (χ1n) is 7.04. The Morgan fingerprint density at radius 3 is 2.41 bits per heavy atom. The van der Waals surface area contributed by atoms with Crippen LogP contribution in [0.1, 0.15) is 35.3 Å². The first kappa shape index (κ1) is 16.4. The maximum Gasteiger partial charge on any atom is 0.255 e. The fraction of sp³-hybridized carbons (Fsp3) is 0.235. The molecule has 0 heterocycles. The minimum Gasteiger partial charge on any atom is -0.321 e. The average molecular weight is 324 g/mol. The number of halogens is 3. The van der Waals surface area contributed by atoms with Crippen molar-refractivity contribution in [1.29, 1.82) is 0 Å². The second-order valence-corrected chi connectivity index (χ2v) is 5.26. The maximum absolute atomic E-state index is 13.3. The standard InChI is InChI=1S/C17H16ClF2NO/c1-3-10-5-7-13(18)12(4-2)16(10)21-17(22)11-6-8-14(19)15(20)9-11/h5-9H,3-4H2,1-2H3,(H,21,22). The van der Waals surface area contributed by atoms with E-state index in [1.165, 1.54) is 6.07 Å². The quantitative estimate of drug-likeness (QED) is 0.843. The number of rotatable bonds is 4. The van der Waals surface area contributed by atoms with E-state index in [9.17, 15) is 13.6 Å². The Kier molecular flexibility index (Phi) is 5.14. The minimum absolute atomic E-state index is 0.0583. The highest BCUT2D eigenvalue weighted by atomic mass is 35.5. The summed E-state index contributed by atoms with van der Waals surface area (Å²) in [6.07, 6.45) is 1.37. The van der Waals surface area contributed by atoms with Crippen LogP contribution in [0, 0.1) is 11.6 Å². The van der Waals surface area contributed by atoms with Gasteiger partial charge in [-0.15, -0.1) is 0 Å². The topological polar surface area (TPSA) is 29.1 Å². The smallest absolute Gasteiger partial charge is 0.255 e. The third kappa shape index (κ3) is 3.28. The lowest BCUT2D eigenvalue weighted by Gasteiger charge is -2.16. The number of nitrogens with one attached hydrogen (secondary N) is 1. The predicted molar refractivity (Wildman–Crippen MR) is 84.5 cm³/mol. The fourth-order valence-corrected chi connectivity index (χ4v) is 2.58. The zero-order valence-corrected chi connectivity index (χ0v) is 13.1. The third-order valence-corrected chi connectivity index (χ3v) is 3.85. The largest absolute Gasteiger partial charge is 0.321 e. The molecule has 0 aliphatic rings. The van der Waals surface area contributed by atoms with Crippen molar-refractivity contribution in [3.05, 3.63) is 63.7 Å². The second-order valence-electron chi connectivity index (χ2n) is 4.85. The molecule has 0 spiro atoms. The SMILES string of the molecule is CCc1ccc(Cl)c(CC)c1NC(=O)c1ccc(F)c(F)c1. The lowest BCUT2D eigenvalue weighted by atomic mass is 10.0. The molecule has 0 saturated heterocycles. The molecule has 1 amide bonds. The van der Waals surface area contributed by atoms with Gasteiger partial charge in [0.2, 0.25) is 0 Å². The number of aryl methyl sites for hydroxylation is 1. The molecule has 5 heteroatoms. The van der Waals surface area contributed by atoms with Gasteiger partial charge in [-0.25, -0.2) is 8.78 Å². The van der Waals surface area contributed by atoms with Crippen LogP contribution in [-0.2, 0) is 12.8 Å². The average Bonchev–Trinajstić information content (AvgIpc) is 2.50. The third-order valence-electron chi connectivity index (χ3n) is 3.50. The summed E-state index contributed by atoms with van der Waals surface area (Å²) in [5.74, 6) is -2.53. The molecular formula is C17H16ClF2NO. The highest BCUT2D eigenvalue weighted by Gasteiger charge is 2.15. The van der Waals surface area contributed by atoms with Crippen molar-refractivity contribution in [2.24, 2.45) is 0 Å². The zero-order valence-electron chi connectivity index (χ0n) is 12.3. The van der Waals surface area contributed by atoms with Gasteiger partial charge in [-0.3, -0.25) is 4.79 Å². The second kappa shape index (κ2) is 6.88. The van der Waals surface area contributed by atoms with Gasteiger partial charge < -0.3 is 5.32 Å². The van der Waals surface area contributed by atoms with Crippen LogP contribution in [0.3, 0.4) is 0 Å². The van der Waals surface area contributed by atoms with Crippen molar-refractivity contribution in [3.8, 4) is 0 Å². The first-order chi connectivity index (χ1) is 10.5. The summed E-state index contributed by atoms with van der Waals surface area (Å²) < 4.78 is 26.2. The van der Waals surface area contributed by atoms with Crippen LogP contribution in [0.25, 0.3) is 0 Å². The van der Waals surface area contributed by atoms with E-state index in [4.69, 9.17) is 11.6 Å². The van der Waals surface area contributed by atoms with Gasteiger partial charge >= 0.3 is 0 Å². The van der Waals surface area contributed by atoms with Gasteiger partial charge in [-0.2, -0.15) is 0 Å². The monoisotopic (exact) mass is 323 g/mol. The Balaban J connectivity index is 2.39. The van der Waals surface area contributed by atoms with E-state index in [-0.39, 0.29) is 5.56 Å². The number of amides is 1. The van der Waals surface area contributed by atoms with E-state index in [2.05, 4.69) is 5.32 Å². The summed E-state index contributed by atoms with van der Waals surface area (Å²) >= 11 is 6.17. The highest BCUT2D eigenvalue weighted by molar-refractivity contribution is 6.32. The molecule has 1 N–H and O–H groups in total. The summed E-state index contributed by atoms with van der Waals surface area (Å²) in [7, 11) is 0. The molecule has 0 unspecified atom stereocenters. The normalized spacial score (nSPS) is 10.6. The molecule has 0 fully saturated rings. The Morgan fingerprint density at radius 1 is 1.09 bits per heavy atom. The van der Waals surface area contributed by atoms with Crippen LogP contribution in [0.4, 0.5) is 14.5 Å². The number of hydrogen-bond donors (Lipinski definition) is 1. The summed E-state index contributed by atoms with van der Waals surface area (Å²) in [5, 5.41) is 3.34. The lowest BCUT2D eigenvalue weighted by molar-refractivity contribution is 0.102. The van der Waals surface area contributed by atoms with Gasteiger partial charge in [0.25, 0.3) is 5.91 Å². The van der Waals surface area contributed by atoms with E-state index in [0.717, 1.165) is 29.7 Å². The van der Waals surface area contributed by atoms with Gasteiger partial charge in [-0.1, -0.05) is 31.5 Å². The molecule has 22 heavy (non-hydrogen) atoms. The predicted octanol–water partition coefficient (Wildman–Crippen LogP) is 5.00. The molecule has 2 aromatic carbocycles. The van der Waals surface area contributed by atoms with Crippen LogP contribution in [0.15, 0.2) is 30.3 Å². The summed E-state index contributed by atoms with van der Waals surface area (Å²) in [6, 6.07) is 6.71. The van der Waals surface area contributed by atoms with Crippen molar-refractivity contribution in [1.82, 2.24) is 0 Å². The molecule has 0 saturated carbocycles. The Labute approximate surface area is 133 Å². The van der Waals surface area contributed by atoms with E-state index in [0.29, 0.717) is 17.1 Å². The van der Waals surface area contributed by atoms with Gasteiger partial charge in [-0.05, 0) is 48.2 Å². The fourth-order valence-electron chi connectivity index (χ4n) is 2.29. The minimum atomic E-state index is -1.05. The Hall–Kier alpha value is -1.94. The summed E-state index contributed by atoms with van der Waals surface area (Å²) in [6.45, 7) is 3.91. The molecule has 2 nitrogen and oxygen atoms in total. The van der Waals surface area contributed by atoms with Crippen molar-refractivity contribution < 1.29 is 13.6 Å². The van der Waals surface area contributed by atoms with Crippen LogP contribution >= 0.6 is 11.6 Å². The molecule has 2 rings (SSSR count). The molecule has 0 aliphatic carbocycles. The molecule has 116 valence electrons. The van der Waals surface area contributed by atoms with Crippen molar-refractivity contribution in [2.75, 3.05) is 5.32 Å². The number of carbonyl (C=O) groups is 1. The van der Waals surface area contributed by atoms with Crippen molar-refractivity contribution >= 4 is 23.2 Å². The zero-order chi connectivity index (χ0) is 16.3. The maximum atomic E-state index is 13.3. The number of hydrogen-bond acceptors (Lipinski definition) is 1. The first-order valence-corrected chi connectivity index (χ1v) is 7.42. The Bertz CT molecular complexity index is 716. The summed E-state index contributed by atoms with van der Waals surface area (Å²) in [5.41, 5.74) is 2.48. The highest BCUT2D eigenvalue weighted by Crippen LogP contribution is 2.30. The van der Waals surface area contributed by atoms with E-state index < -0.39 is 17.5 Å². The number of carbonyl (C=O) groups excluding carboxylic acids is 1. The van der Waals surface area contributed by atoms with Gasteiger partial charge in [0, 0.05) is 16.3 Å². The van der Waals surface area contributed by atoms with E-state index in [1.807, 2.05) is 19.9 Å². The van der Waals surface area contributed by atoms with Crippen LogP contribution in [0.5, 0.6) is 0 Å². The van der Waals surface area contributed by atoms with E-state index in [1.54, 1.807) is 6.07 Å². The van der Waals surface area contributed by atoms with Gasteiger partial charge in [0.1, 0.15) is 0 Å². The van der Waals surface area contributed by atoms with Crippen molar-refractivity contribution in [3.63, 3.8) is 0 Å².